The highest BCUT2D eigenvalue weighted by Crippen LogP contribution is 2.29. The molecule has 0 heterocycles. The van der Waals surface area contributed by atoms with Crippen LogP contribution in [-0.2, 0) is 4.79 Å². The van der Waals surface area contributed by atoms with E-state index in [1.807, 2.05) is 6.92 Å². The molecule has 1 aromatic rings. The normalized spacial score (nSPS) is 8.86. The van der Waals surface area contributed by atoms with Crippen molar-refractivity contribution in [3.8, 4) is 11.5 Å². The van der Waals surface area contributed by atoms with E-state index in [1.54, 1.807) is 13.0 Å². The van der Waals surface area contributed by atoms with Gasteiger partial charge in [0.2, 0.25) is 0 Å². The fourth-order valence-corrected chi connectivity index (χ4v) is 0.787. The van der Waals surface area contributed by atoms with Crippen molar-refractivity contribution < 1.29 is 15.0 Å². The molecular formula is C11H16O3. The molecule has 0 aliphatic rings. The lowest BCUT2D eigenvalue weighted by molar-refractivity contribution is -0.114. The number of carbonyl (C=O) groups excluding carboxylic acids is 1. The summed E-state index contributed by atoms with van der Waals surface area (Å²) in [6.45, 7) is 6.71. The van der Waals surface area contributed by atoms with Crippen molar-refractivity contribution in [1.82, 2.24) is 0 Å². The van der Waals surface area contributed by atoms with E-state index in [0.717, 1.165) is 11.1 Å². The van der Waals surface area contributed by atoms with E-state index in [2.05, 4.69) is 0 Å². The predicted molar refractivity (Wildman–Crippen MR) is 55.6 cm³/mol. The van der Waals surface area contributed by atoms with Gasteiger partial charge in [-0.2, -0.15) is 0 Å². The highest BCUT2D eigenvalue weighted by atomic mass is 16.3. The second kappa shape index (κ2) is 5.27. The average Bonchev–Trinajstić information content (AvgIpc) is 2.07. The summed E-state index contributed by atoms with van der Waals surface area (Å²) < 4.78 is 0. The molecule has 0 aliphatic heterocycles. The molecule has 0 spiro atoms. The van der Waals surface area contributed by atoms with E-state index in [9.17, 15) is 4.79 Å². The van der Waals surface area contributed by atoms with Crippen LogP contribution in [0, 0.1) is 13.8 Å². The zero-order valence-electron chi connectivity index (χ0n) is 8.96. The molecular weight excluding hydrogens is 180 g/mol. The number of benzene rings is 1. The summed E-state index contributed by atoms with van der Waals surface area (Å²) in [6.07, 6.45) is 0. The number of rotatable bonds is 0. The maximum atomic E-state index is 9.44. The van der Waals surface area contributed by atoms with E-state index < -0.39 is 0 Å². The number of phenols is 2. The molecule has 3 nitrogen and oxygen atoms in total. The van der Waals surface area contributed by atoms with Crippen molar-refractivity contribution in [1.29, 1.82) is 0 Å². The minimum absolute atomic E-state index is 0.0139. The summed E-state index contributed by atoms with van der Waals surface area (Å²) in [7, 11) is 0. The van der Waals surface area contributed by atoms with Crippen LogP contribution in [0.5, 0.6) is 11.5 Å². The van der Waals surface area contributed by atoms with Crippen molar-refractivity contribution >= 4 is 5.78 Å². The van der Waals surface area contributed by atoms with Crippen molar-refractivity contribution in [3.05, 3.63) is 23.3 Å². The number of Topliss-reactive ketones (excluding diaryl/α,β-unsaturated/α-hetero) is 1. The Morgan fingerprint density at radius 3 is 1.93 bits per heavy atom. The van der Waals surface area contributed by atoms with Crippen LogP contribution < -0.4 is 0 Å². The minimum Gasteiger partial charge on any atom is -0.504 e. The van der Waals surface area contributed by atoms with Gasteiger partial charge in [-0.1, -0.05) is 6.07 Å². The van der Waals surface area contributed by atoms with Gasteiger partial charge in [0.25, 0.3) is 0 Å². The Morgan fingerprint density at radius 1 is 1.14 bits per heavy atom. The number of phenolic OH excluding ortho intramolecular Hbond substituents is 2. The molecule has 0 aromatic heterocycles. The molecule has 3 heteroatoms. The molecule has 0 unspecified atom stereocenters. The quantitative estimate of drug-likeness (QED) is 0.626. The smallest absolute Gasteiger partial charge is 0.160 e. The lowest BCUT2D eigenvalue weighted by Crippen LogP contribution is -1.80. The van der Waals surface area contributed by atoms with Crippen molar-refractivity contribution in [2.45, 2.75) is 27.7 Å². The number of hydrogen-bond donors (Lipinski definition) is 2. The largest absolute Gasteiger partial charge is 0.504 e. The third kappa shape index (κ3) is 3.94. The highest BCUT2D eigenvalue weighted by molar-refractivity contribution is 5.72. The van der Waals surface area contributed by atoms with E-state index >= 15 is 0 Å². The number of carbonyl (C=O) groups is 1. The molecule has 0 aliphatic carbocycles. The van der Waals surface area contributed by atoms with Crippen LogP contribution >= 0.6 is 0 Å². The summed E-state index contributed by atoms with van der Waals surface area (Å²) in [4.78, 5) is 9.44. The SMILES string of the molecule is CC(C)=O.Cc1ccc(O)c(O)c1C. The van der Waals surface area contributed by atoms with Crippen molar-refractivity contribution in [2.24, 2.45) is 0 Å². The van der Waals surface area contributed by atoms with Crippen LogP contribution in [0.25, 0.3) is 0 Å². The topological polar surface area (TPSA) is 57.5 Å². The molecule has 1 rings (SSSR count). The van der Waals surface area contributed by atoms with Crippen LogP contribution in [0.3, 0.4) is 0 Å². The van der Waals surface area contributed by atoms with Gasteiger partial charge in [-0.3, -0.25) is 0 Å². The maximum Gasteiger partial charge on any atom is 0.160 e. The number of aromatic hydroxyl groups is 2. The van der Waals surface area contributed by atoms with Gasteiger partial charge in [0.1, 0.15) is 5.78 Å². The summed E-state index contributed by atoms with van der Waals surface area (Å²) in [5.74, 6) is 0.100. The van der Waals surface area contributed by atoms with Gasteiger partial charge in [0.05, 0.1) is 0 Å². The second-order valence-corrected chi connectivity index (χ2v) is 3.28. The molecule has 14 heavy (non-hydrogen) atoms. The molecule has 78 valence electrons. The predicted octanol–water partition coefficient (Wildman–Crippen LogP) is 2.31. The Morgan fingerprint density at radius 2 is 1.57 bits per heavy atom. The van der Waals surface area contributed by atoms with E-state index in [0.29, 0.717) is 0 Å². The zero-order chi connectivity index (χ0) is 11.3. The lowest BCUT2D eigenvalue weighted by Gasteiger charge is -2.03. The molecule has 0 saturated carbocycles. The van der Waals surface area contributed by atoms with Gasteiger partial charge in [0, 0.05) is 0 Å². The molecule has 0 atom stereocenters. The number of aryl methyl sites for hydroxylation is 1. The first kappa shape index (κ1) is 12.5. The van der Waals surface area contributed by atoms with Crippen LogP contribution in [0.4, 0.5) is 0 Å². The molecule has 1 aromatic carbocycles. The monoisotopic (exact) mass is 196 g/mol. The molecule has 0 amide bonds. The van der Waals surface area contributed by atoms with Crippen molar-refractivity contribution in [3.63, 3.8) is 0 Å². The Hall–Kier alpha value is -1.51. The fraction of sp³-hybridized carbons (Fsp3) is 0.364. The summed E-state index contributed by atoms with van der Waals surface area (Å²) in [5, 5.41) is 18.1. The molecule has 2 N–H and O–H groups in total. The fourth-order valence-electron chi connectivity index (χ4n) is 0.787. The first-order chi connectivity index (χ1) is 6.36. The van der Waals surface area contributed by atoms with Gasteiger partial charge in [-0.25, -0.2) is 0 Å². The van der Waals surface area contributed by atoms with Crippen LogP contribution in [0.1, 0.15) is 25.0 Å². The van der Waals surface area contributed by atoms with Crippen LogP contribution in [-0.4, -0.2) is 16.0 Å². The third-order valence-electron chi connectivity index (χ3n) is 1.68. The van der Waals surface area contributed by atoms with Gasteiger partial charge in [0.15, 0.2) is 11.5 Å². The first-order valence-electron chi connectivity index (χ1n) is 4.31. The molecule has 0 bridgehead atoms. The van der Waals surface area contributed by atoms with E-state index in [4.69, 9.17) is 10.2 Å². The van der Waals surface area contributed by atoms with Gasteiger partial charge >= 0.3 is 0 Å². The van der Waals surface area contributed by atoms with Gasteiger partial charge in [-0.05, 0) is 44.9 Å². The summed E-state index contributed by atoms with van der Waals surface area (Å²) >= 11 is 0. The Balaban J connectivity index is 0.000000364. The van der Waals surface area contributed by atoms with Crippen LogP contribution in [0.15, 0.2) is 12.1 Å². The molecule has 0 radical (unpaired) electrons. The Bertz CT molecular complexity index is 299. The van der Waals surface area contributed by atoms with Crippen molar-refractivity contribution in [2.75, 3.05) is 0 Å². The average molecular weight is 196 g/mol. The Kier molecular flexibility index (Phi) is 4.70. The third-order valence-corrected chi connectivity index (χ3v) is 1.68. The summed E-state index contributed by atoms with van der Waals surface area (Å²) in [6, 6.07) is 3.25. The number of ketones is 1. The molecule has 0 fully saturated rings. The highest BCUT2D eigenvalue weighted by Gasteiger charge is 2.02. The minimum atomic E-state index is -0.0527. The zero-order valence-corrected chi connectivity index (χ0v) is 8.96. The maximum absolute atomic E-state index is 9.44. The second-order valence-electron chi connectivity index (χ2n) is 3.28. The first-order valence-corrected chi connectivity index (χ1v) is 4.31. The summed E-state index contributed by atoms with van der Waals surface area (Å²) in [5.41, 5.74) is 1.72. The van der Waals surface area contributed by atoms with Crippen LogP contribution in [0.2, 0.25) is 0 Å². The van der Waals surface area contributed by atoms with Gasteiger partial charge < -0.3 is 15.0 Å². The lowest BCUT2D eigenvalue weighted by atomic mass is 10.1. The number of hydrogen-bond acceptors (Lipinski definition) is 3. The Labute approximate surface area is 84.0 Å². The van der Waals surface area contributed by atoms with Gasteiger partial charge in [-0.15, -0.1) is 0 Å². The molecule has 0 saturated heterocycles. The van der Waals surface area contributed by atoms with E-state index in [1.165, 1.54) is 19.9 Å². The standard InChI is InChI=1S/C8H10O2.C3H6O/c1-5-3-4-7(9)8(10)6(5)2;1-3(2)4/h3-4,9-10H,1-2H3;1-2H3. The van der Waals surface area contributed by atoms with E-state index in [-0.39, 0.29) is 17.3 Å².